The van der Waals surface area contributed by atoms with Gasteiger partial charge in [-0.25, -0.2) is 4.39 Å². The molecule has 0 radical (unpaired) electrons. The monoisotopic (exact) mass is 323 g/mol. The molecule has 0 fully saturated rings. The fourth-order valence-corrected chi connectivity index (χ4v) is 2.54. The van der Waals surface area contributed by atoms with Crippen LogP contribution in [0.5, 0.6) is 0 Å². The summed E-state index contributed by atoms with van der Waals surface area (Å²) in [7, 11) is 1.87. The van der Waals surface area contributed by atoms with Crippen molar-refractivity contribution >= 4 is 27.3 Å². The third-order valence-corrected chi connectivity index (χ3v) is 3.65. The van der Waals surface area contributed by atoms with E-state index in [-0.39, 0.29) is 5.82 Å². The summed E-state index contributed by atoms with van der Waals surface area (Å²) in [5, 5.41) is 9.55. The van der Waals surface area contributed by atoms with Crippen molar-refractivity contribution in [2.24, 2.45) is 0 Å². The zero-order valence-electron chi connectivity index (χ0n) is 10.8. The van der Waals surface area contributed by atoms with Crippen LogP contribution in [-0.2, 0) is 0 Å². The van der Waals surface area contributed by atoms with Gasteiger partial charge in [0.05, 0.1) is 11.8 Å². The summed E-state index contributed by atoms with van der Waals surface area (Å²) in [5.74, 6) is -0.263. The maximum atomic E-state index is 13.2. The standard InChI is InChI=1S/C15H15BrFNO/c1-10(19)11-6-7-15(14(16)8-11)18(2)13-5-3-4-12(17)9-13/h3-10,19H,1-2H3/t10-/m0/s1. The van der Waals surface area contributed by atoms with E-state index in [1.807, 2.05) is 36.2 Å². The highest BCUT2D eigenvalue weighted by Gasteiger charge is 2.10. The van der Waals surface area contributed by atoms with E-state index in [1.165, 1.54) is 12.1 Å². The van der Waals surface area contributed by atoms with Crippen molar-refractivity contribution in [3.63, 3.8) is 0 Å². The van der Waals surface area contributed by atoms with E-state index in [9.17, 15) is 9.50 Å². The van der Waals surface area contributed by atoms with Gasteiger partial charge in [-0.15, -0.1) is 0 Å². The zero-order valence-corrected chi connectivity index (χ0v) is 12.4. The average Bonchev–Trinajstić information content (AvgIpc) is 2.37. The van der Waals surface area contributed by atoms with E-state index in [0.29, 0.717) is 0 Å². The Kier molecular flexibility index (Phi) is 4.22. The molecular weight excluding hydrogens is 309 g/mol. The molecule has 100 valence electrons. The molecule has 0 heterocycles. The van der Waals surface area contributed by atoms with Crippen molar-refractivity contribution in [1.82, 2.24) is 0 Å². The number of hydrogen-bond acceptors (Lipinski definition) is 2. The summed E-state index contributed by atoms with van der Waals surface area (Å²) in [6.45, 7) is 1.72. The fraction of sp³-hybridized carbons (Fsp3) is 0.200. The number of aliphatic hydroxyl groups is 1. The zero-order chi connectivity index (χ0) is 14.0. The topological polar surface area (TPSA) is 23.5 Å². The number of rotatable bonds is 3. The summed E-state index contributed by atoms with van der Waals surface area (Å²) in [4.78, 5) is 1.89. The minimum atomic E-state index is -0.509. The van der Waals surface area contributed by atoms with Gasteiger partial charge in [0, 0.05) is 17.2 Å². The normalized spacial score (nSPS) is 12.3. The molecule has 0 saturated carbocycles. The minimum Gasteiger partial charge on any atom is -0.389 e. The Balaban J connectivity index is 2.36. The molecular formula is C15H15BrFNO. The van der Waals surface area contributed by atoms with Crippen LogP contribution < -0.4 is 4.90 Å². The van der Waals surface area contributed by atoms with Crippen LogP contribution in [0.3, 0.4) is 0 Å². The van der Waals surface area contributed by atoms with Gasteiger partial charge in [0.15, 0.2) is 0 Å². The van der Waals surface area contributed by atoms with E-state index in [1.54, 1.807) is 13.0 Å². The van der Waals surface area contributed by atoms with Crippen LogP contribution in [0.4, 0.5) is 15.8 Å². The molecule has 2 aromatic carbocycles. The van der Waals surface area contributed by atoms with E-state index < -0.39 is 6.10 Å². The maximum Gasteiger partial charge on any atom is 0.125 e. The predicted molar refractivity (Wildman–Crippen MR) is 79.2 cm³/mol. The van der Waals surface area contributed by atoms with Crippen LogP contribution in [0.25, 0.3) is 0 Å². The fourth-order valence-electron chi connectivity index (χ4n) is 1.88. The molecule has 0 aliphatic rings. The van der Waals surface area contributed by atoms with Gasteiger partial charge in [-0.2, -0.15) is 0 Å². The second-order valence-electron chi connectivity index (χ2n) is 4.43. The molecule has 0 aliphatic heterocycles. The number of hydrogen-bond donors (Lipinski definition) is 1. The van der Waals surface area contributed by atoms with Gasteiger partial charge in [-0.3, -0.25) is 0 Å². The van der Waals surface area contributed by atoms with Crippen molar-refractivity contribution in [3.8, 4) is 0 Å². The lowest BCUT2D eigenvalue weighted by molar-refractivity contribution is 0.199. The van der Waals surface area contributed by atoms with Gasteiger partial charge in [0.1, 0.15) is 5.82 Å². The first-order chi connectivity index (χ1) is 8.99. The van der Waals surface area contributed by atoms with Crippen LogP contribution in [0.1, 0.15) is 18.6 Å². The molecule has 19 heavy (non-hydrogen) atoms. The predicted octanol–water partition coefficient (Wildman–Crippen LogP) is 4.41. The van der Waals surface area contributed by atoms with Crippen LogP contribution in [0.15, 0.2) is 46.9 Å². The first-order valence-corrected chi connectivity index (χ1v) is 6.75. The van der Waals surface area contributed by atoms with E-state index >= 15 is 0 Å². The van der Waals surface area contributed by atoms with Crippen molar-refractivity contribution in [3.05, 3.63) is 58.3 Å². The summed E-state index contributed by atoms with van der Waals surface area (Å²) in [6, 6.07) is 12.1. The van der Waals surface area contributed by atoms with Gasteiger partial charge < -0.3 is 10.0 Å². The summed E-state index contributed by atoms with van der Waals surface area (Å²) in [6.07, 6.45) is -0.509. The van der Waals surface area contributed by atoms with Crippen molar-refractivity contribution in [2.45, 2.75) is 13.0 Å². The number of aliphatic hydroxyl groups excluding tert-OH is 1. The molecule has 0 aliphatic carbocycles. The van der Waals surface area contributed by atoms with Gasteiger partial charge in [-0.05, 0) is 58.7 Å². The molecule has 0 aromatic heterocycles. The first kappa shape index (κ1) is 14.0. The smallest absolute Gasteiger partial charge is 0.125 e. The molecule has 4 heteroatoms. The lowest BCUT2D eigenvalue weighted by Gasteiger charge is -2.21. The Morgan fingerprint density at radius 3 is 2.53 bits per heavy atom. The third-order valence-electron chi connectivity index (χ3n) is 3.01. The lowest BCUT2D eigenvalue weighted by atomic mass is 10.1. The Labute approximate surface area is 120 Å². The molecule has 0 spiro atoms. The van der Waals surface area contributed by atoms with Crippen LogP contribution >= 0.6 is 15.9 Å². The van der Waals surface area contributed by atoms with E-state index in [0.717, 1.165) is 21.4 Å². The largest absolute Gasteiger partial charge is 0.389 e. The Bertz CT molecular complexity index is 586. The second-order valence-corrected chi connectivity index (χ2v) is 5.28. The quantitative estimate of drug-likeness (QED) is 0.904. The second kappa shape index (κ2) is 5.72. The highest BCUT2D eigenvalue weighted by molar-refractivity contribution is 9.10. The molecule has 2 rings (SSSR count). The summed E-state index contributed by atoms with van der Waals surface area (Å²) in [5.41, 5.74) is 2.52. The molecule has 1 N–H and O–H groups in total. The highest BCUT2D eigenvalue weighted by Crippen LogP contribution is 2.33. The third kappa shape index (κ3) is 3.14. The Morgan fingerprint density at radius 1 is 1.21 bits per heavy atom. The molecule has 0 amide bonds. The molecule has 0 unspecified atom stereocenters. The minimum absolute atomic E-state index is 0.263. The number of benzene rings is 2. The summed E-state index contributed by atoms with van der Waals surface area (Å²) < 4.78 is 14.1. The number of anilines is 2. The molecule has 2 nitrogen and oxygen atoms in total. The van der Waals surface area contributed by atoms with Gasteiger partial charge >= 0.3 is 0 Å². The van der Waals surface area contributed by atoms with Gasteiger partial charge in [0.2, 0.25) is 0 Å². The highest BCUT2D eigenvalue weighted by atomic mass is 79.9. The molecule has 0 saturated heterocycles. The molecule has 2 aromatic rings. The van der Waals surface area contributed by atoms with Gasteiger partial charge in [-0.1, -0.05) is 12.1 Å². The van der Waals surface area contributed by atoms with Crippen LogP contribution in [-0.4, -0.2) is 12.2 Å². The number of nitrogens with zero attached hydrogens (tertiary/aromatic N) is 1. The van der Waals surface area contributed by atoms with Crippen molar-refractivity contribution in [1.29, 1.82) is 0 Å². The van der Waals surface area contributed by atoms with Crippen molar-refractivity contribution in [2.75, 3.05) is 11.9 Å². The SMILES string of the molecule is C[C@H](O)c1ccc(N(C)c2cccc(F)c2)c(Br)c1. The van der Waals surface area contributed by atoms with Gasteiger partial charge in [0.25, 0.3) is 0 Å². The lowest BCUT2D eigenvalue weighted by Crippen LogP contribution is -2.10. The molecule has 0 bridgehead atoms. The summed E-state index contributed by atoms with van der Waals surface area (Å²) >= 11 is 3.49. The average molecular weight is 324 g/mol. The molecule has 1 atom stereocenters. The van der Waals surface area contributed by atoms with Crippen LogP contribution in [0.2, 0.25) is 0 Å². The maximum absolute atomic E-state index is 13.2. The van der Waals surface area contributed by atoms with E-state index in [4.69, 9.17) is 0 Å². The van der Waals surface area contributed by atoms with Crippen molar-refractivity contribution < 1.29 is 9.50 Å². The first-order valence-electron chi connectivity index (χ1n) is 5.96. The number of halogens is 2. The van der Waals surface area contributed by atoms with Crippen LogP contribution in [0, 0.1) is 5.82 Å². The Morgan fingerprint density at radius 2 is 1.95 bits per heavy atom. The van der Waals surface area contributed by atoms with E-state index in [2.05, 4.69) is 15.9 Å². The Hall–Kier alpha value is -1.39.